The van der Waals surface area contributed by atoms with Crippen LogP contribution in [0.15, 0.2) is 18.5 Å². The average molecular weight is 447 g/mol. The van der Waals surface area contributed by atoms with Gasteiger partial charge in [0.1, 0.15) is 11.6 Å². The fourth-order valence-corrected chi connectivity index (χ4v) is 7.06. The first kappa shape index (κ1) is 23.9. The van der Waals surface area contributed by atoms with Crippen molar-refractivity contribution >= 4 is 0 Å². The lowest BCUT2D eigenvalue weighted by atomic mass is 9.63. The molecule has 5 unspecified atom stereocenters. The van der Waals surface area contributed by atoms with Gasteiger partial charge in [0.2, 0.25) is 0 Å². The number of hydrogen-bond donors (Lipinski definition) is 0. The van der Waals surface area contributed by atoms with E-state index in [1.807, 2.05) is 0 Å². The predicted molar refractivity (Wildman–Crippen MR) is 126 cm³/mol. The van der Waals surface area contributed by atoms with Crippen LogP contribution < -0.4 is 0 Å². The van der Waals surface area contributed by atoms with E-state index in [0.29, 0.717) is 35.6 Å². The molecule has 32 heavy (non-hydrogen) atoms. The van der Waals surface area contributed by atoms with Crippen LogP contribution in [-0.2, 0) is 12.8 Å². The van der Waals surface area contributed by atoms with Crippen molar-refractivity contribution in [2.24, 2.45) is 23.7 Å². The minimum Gasteiger partial charge on any atom is -0.216 e. The molecule has 0 aliphatic heterocycles. The molecule has 0 radical (unpaired) electrons. The quantitative estimate of drug-likeness (QED) is 0.349. The van der Waals surface area contributed by atoms with E-state index in [1.165, 1.54) is 38.5 Å². The van der Waals surface area contributed by atoms with Crippen molar-refractivity contribution in [3.63, 3.8) is 0 Å². The first-order valence-corrected chi connectivity index (χ1v) is 13.4. The SMILES string of the molecule is CCCCCCCC1CCc2c(cc(F)c(C3CCC4CC(/C=C/F)CCC4C3)c2F)C1. The fraction of sp³-hybridized carbons (Fsp3) is 0.724. The Labute approximate surface area is 193 Å². The maximum atomic E-state index is 15.6. The molecule has 2 saturated carbocycles. The van der Waals surface area contributed by atoms with Crippen LogP contribution in [0.3, 0.4) is 0 Å². The van der Waals surface area contributed by atoms with E-state index >= 15 is 8.78 Å². The number of benzene rings is 1. The Hall–Kier alpha value is -1.25. The molecule has 0 spiro atoms. The molecule has 5 atom stereocenters. The fourth-order valence-electron chi connectivity index (χ4n) is 7.06. The lowest BCUT2D eigenvalue weighted by Crippen LogP contribution is -2.31. The monoisotopic (exact) mass is 446 g/mol. The van der Waals surface area contributed by atoms with Gasteiger partial charge in [-0.2, -0.15) is 0 Å². The van der Waals surface area contributed by atoms with Gasteiger partial charge in [-0.15, -0.1) is 0 Å². The normalized spacial score (nSPS) is 30.3. The molecule has 0 amide bonds. The Morgan fingerprint density at radius 2 is 1.72 bits per heavy atom. The molecule has 4 rings (SSSR count). The van der Waals surface area contributed by atoms with Crippen molar-refractivity contribution in [2.45, 2.75) is 109 Å². The van der Waals surface area contributed by atoms with Gasteiger partial charge >= 0.3 is 0 Å². The Bertz CT molecular complexity index is 783. The highest BCUT2D eigenvalue weighted by Crippen LogP contribution is 2.49. The summed E-state index contributed by atoms with van der Waals surface area (Å²) in [4.78, 5) is 0. The van der Waals surface area contributed by atoms with Crippen LogP contribution in [-0.4, -0.2) is 0 Å². The summed E-state index contributed by atoms with van der Waals surface area (Å²) >= 11 is 0. The van der Waals surface area contributed by atoms with Crippen molar-refractivity contribution in [3.05, 3.63) is 46.8 Å². The summed E-state index contributed by atoms with van der Waals surface area (Å²) in [6, 6.07) is 1.69. The third-order valence-corrected chi connectivity index (χ3v) is 8.88. The molecule has 2 fully saturated rings. The minimum atomic E-state index is -0.303. The van der Waals surface area contributed by atoms with Crippen molar-refractivity contribution in [1.82, 2.24) is 0 Å². The molecular formula is C29H41F3. The molecule has 3 aliphatic rings. The van der Waals surface area contributed by atoms with Gasteiger partial charge in [-0.1, -0.05) is 51.5 Å². The van der Waals surface area contributed by atoms with Gasteiger partial charge in [0, 0.05) is 5.56 Å². The number of hydrogen-bond acceptors (Lipinski definition) is 0. The summed E-state index contributed by atoms with van der Waals surface area (Å²) in [7, 11) is 0. The topological polar surface area (TPSA) is 0 Å². The van der Waals surface area contributed by atoms with Crippen molar-refractivity contribution < 1.29 is 13.2 Å². The third kappa shape index (κ3) is 5.45. The minimum absolute atomic E-state index is 0.00565. The summed E-state index contributed by atoms with van der Waals surface area (Å²) in [5.74, 6) is 1.52. The molecule has 0 saturated heterocycles. The van der Waals surface area contributed by atoms with Gasteiger partial charge in [-0.3, -0.25) is 0 Å². The van der Waals surface area contributed by atoms with Crippen LogP contribution in [0.25, 0.3) is 0 Å². The summed E-state index contributed by atoms with van der Waals surface area (Å²) in [5.41, 5.74) is 2.12. The van der Waals surface area contributed by atoms with E-state index in [9.17, 15) is 4.39 Å². The van der Waals surface area contributed by atoms with Crippen molar-refractivity contribution in [1.29, 1.82) is 0 Å². The highest BCUT2D eigenvalue weighted by Gasteiger charge is 2.38. The Morgan fingerprint density at radius 3 is 2.53 bits per heavy atom. The summed E-state index contributed by atoms with van der Waals surface area (Å²) in [5, 5.41) is 0. The molecular weight excluding hydrogens is 405 g/mol. The lowest BCUT2D eigenvalue weighted by Gasteiger charge is -2.42. The number of allylic oxidation sites excluding steroid dienone is 1. The second-order valence-corrected chi connectivity index (χ2v) is 11.0. The standard InChI is InChI=1S/C29H41F3/c1-2-3-4-5-6-7-20-9-13-26-25(17-20)19-27(31)28(29(26)32)24-12-11-22-16-21(14-15-30)8-10-23(22)18-24/h14-15,19-24H,2-13,16-18H2,1H3/b15-14+. The number of fused-ring (bicyclic) bond motifs is 2. The largest absolute Gasteiger partial charge is 0.216 e. The van der Waals surface area contributed by atoms with Gasteiger partial charge in [-0.25, -0.2) is 13.2 Å². The van der Waals surface area contributed by atoms with Gasteiger partial charge in [0.05, 0.1) is 6.33 Å². The van der Waals surface area contributed by atoms with E-state index in [0.717, 1.165) is 68.9 Å². The van der Waals surface area contributed by atoms with Crippen LogP contribution in [0.1, 0.15) is 113 Å². The highest BCUT2D eigenvalue weighted by molar-refractivity contribution is 5.39. The Balaban J connectivity index is 1.39. The molecule has 0 N–H and O–H groups in total. The average Bonchev–Trinajstić information content (AvgIpc) is 2.79. The van der Waals surface area contributed by atoms with Crippen LogP contribution in [0.5, 0.6) is 0 Å². The highest BCUT2D eigenvalue weighted by atomic mass is 19.1. The van der Waals surface area contributed by atoms with E-state index < -0.39 is 0 Å². The zero-order valence-corrected chi connectivity index (χ0v) is 19.9. The molecule has 3 heteroatoms. The molecule has 0 bridgehead atoms. The second-order valence-electron chi connectivity index (χ2n) is 11.0. The maximum absolute atomic E-state index is 15.6. The van der Waals surface area contributed by atoms with Crippen LogP contribution in [0.2, 0.25) is 0 Å². The molecule has 178 valence electrons. The number of halogens is 3. The van der Waals surface area contributed by atoms with Crippen molar-refractivity contribution in [3.8, 4) is 0 Å². The zero-order chi connectivity index (χ0) is 22.5. The van der Waals surface area contributed by atoms with Gasteiger partial charge in [0.15, 0.2) is 0 Å². The van der Waals surface area contributed by atoms with E-state index in [4.69, 9.17) is 0 Å². The summed E-state index contributed by atoms with van der Waals surface area (Å²) in [6.07, 6.45) is 18.5. The smallest absolute Gasteiger partial charge is 0.133 e. The first-order chi connectivity index (χ1) is 15.6. The Kier molecular flexibility index (Phi) is 8.40. The van der Waals surface area contributed by atoms with E-state index in [1.54, 1.807) is 12.1 Å². The van der Waals surface area contributed by atoms with Gasteiger partial charge < -0.3 is 0 Å². The molecule has 1 aromatic rings. The van der Waals surface area contributed by atoms with Crippen LogP contribution in [0.4, 0.5) is 13.2 Å². The summed E-state index contributed by atoms with van der Waals surface area (Å²) in [6.45, 7) is 2.23. The molecule has 0 aromatic heterocycles. The molecule has 3 aliphatic carbocycles. The van der Waals surface area contributed by atoms with E-state index in [-0.39, 0.29) is 17.6 Å². The molecule has 0 nitrogen and oxygen atoms in total. The molecule has 1 aromatic carbocycles. The summed E-state index contributed by atoms with van der Waals surface area (Å²) < 4.78 is 43.4. The number of rotatable bonds is 8. The zero-order valence-electron chi connectivity index (χ0n) is 19.9. The second kappa shape index (κ2) is 11.3. The lowest BCUT2D eigenvalue weighted by molar-refractivity contribution is 0.131. The van der Waals surface area contributed by atoms with Crippen LogP contribution >= 0.6 is 0 Å². The van der Waals surface area contributed by atoms with Gasteiger partial charge in [0.25, 0.3) is 0 Å². The molecule has 0 heterocycles. The Morgan fingerprint density at radius 1 is 0.938 bits per heavy atom. The van der Waals surface area contributed by atoms with Crippen molar-refractivity contribution in [2.75, 3.05) is 0 Å². The third-order valence-electron chi connectivity index (χ3n) is 8.88. The maximum Gasteiger partial charge on any atom is 0.133 e. The van der Waals surface area contributed by atoms with E-state index in [2.05, 4.69) is 6.92 Å². The van der Waals surface area contributed by atoms with Crippen LogP contribution in [0, 0.1) is 35.3 Å². The first-order valence-electron chi connectivity index (χ1n) is 13.4. The predicted octanol–water partition coefficient (Wildman–Crippen LogP) is 9.21. The number of unbranched alkanes of at least 4 members (excludes halogenated alkanes) is 4. The van der Waals surface area contributed by atoms with Gasteiger partial charge in [-0.05, 0) is 105 Å².